The number of allylic oxidation sites excluding steroid dienone is 1. The van der Waals surface area contributed by atoms with E-state index >= 15 is 0 Å². The van der Waals surface area contributed by atoms with Gasteiger partial charge >= 0.3 is 6.18 Å². The first-order chi connectivity index (χ1) is 40.9. The highest BCUT2D eigenvalue weighted by molar-refractivity contribution is 6.16. The molecule has 0 spiro atoms. The van der Waals surface area contributed by atoms with E-state index in [1.54, 1.807) is 71.6 Å². The molecule has 0 amide bonds. The van der Waals surface area contributed by atoms with E-state index in [9.17, 15) is 45.5 Å². The van der Waals surface area contributed by atoms with Gasteiger partial charge in [-0.3, -0.25) is 19.2 Å². The van der Waals surface area contributed by atoms with Crippen LogP contribution in [-0.4, -0.2) is 124 Å². The minimum atomic E-state index is -4.76. The van der Waals surface area contributed by atoms with Gasteiger partial charge in [-0.05, 0) is 121 Å². The van der Waals surface area contributed by atoms with E-state index in [2.05, 4.69) is 26.8 Å². The molecule has 85 heavy (non-hydrogen) atoms. The number of methoxy groups -OCH3 is 3. The first-order valence-electron chi connectivity index (χ1n) is 28.2. The van der Waals surface area contributed by atoms with Crippen molar-refractivity contribution in [3.05, 3.63) is 181 Å². The summed E-state index contributed by atoms with van der Waals surface area (Å²) in [5.41, 5.74) is 9.27. The van der Waals surface area contributed by atoms with Crippen LogP contribution in [0.1, 0.15) is 92.4 Å². The first-order valence-corrected chi connectivity index (χ1v) is 28.2. The van der Waals surface area contributed by atoms with E-state index in [4.69, 9.17) is 28.4 Å². The Kier molecular flexibility index (Phi) is 19.8. The number of morpholine rings is 3. The number of nitrogens with zero attached hydrogens (tertiary/aromatic N) is 3. The van der Waals surface area contributed by atoms with Gasteiger partial charge in [0, 0.05) is 85.9 Å². The molecule has 0 aromatic heterocycles. The largest absolute Gasteiger partial charge is 0.495 e. The van der Waals surface area contributed by atoms with Gasteiger partial charge in [-0.1, -0.05) is 42.5 Å². The molecule has 6 aromatic carbocycles. The number of benzene rings is 6. The molecule has 0 bridgehead atoms. The average Bonchev–Trinajstić information content (AvgIpc) is 2.46. The van der Waals surface area contributed by atoms with Crippen LogP contribution in [0.5, 0.6) is 17.2 Å². The number of Topliss-reactive ketones (excluding diaryl/α,β-unsaturated/α-hetero) is 3. The molecule has 3 aliphatic carbocycles. The lowest BCUT2D eigenvalue weighted by Crippen LogP contribution is -2.36. The van der Waals surface area contributed by atoms with Gasteiger partial charge in [0.1, 0.15) is 34.7 Å². The summed E-state index contributed by atoms with van der Waals surface area (Å²) >= 11 is 0. The Labute approximate surface area is 490 Å². The zero-order chi connectivity index (χ0) is 60.5. The van der Waals surface area contributed by atoms with Crippen molar-refractivity contribution >= 4 is 46.8 Å². The molecule has 6 aliphatic rings. The van der Waals surface area contributed by atoms with E-state index in [0.717, 1.165) is 116 Å². The van der Waals surface area contributed by atoms with Crippen molar-refractivity contribution < 1.29 is 73.9 Å². The number of ketones is 3. The summed E-state index contributed by atoms with van der Waals surface area (Å²) in [4.78, 5) is 54.4. The number of aldehydes is 1. The minimum Gasteiger partial charge on any atom is -0.495 e. The molecule has 448 valence electrons. The van der Waals surface area contributed by atoms with Crippen LogP contribution in [-0.2, 0) is 46.1 Å². The smallest absolute Gasteiger partial charge is 0.419 e. The van der Waals surface area contributed by atoms with Crippen LogP contribution < -0.4 is 28.9 Å². The van der Waals surface area contributed by atoms with E-state index < -0.39 is 23.1 Å². The second-order valence-electron chi connectivity index (χ2n) is 21.3. The van der Waals surface area contributed by atoms with Gasteiger partial charge in [-0.15, -0.1) is 0 Å². The molecule has 3 aliphatic heterocycles. The van der Waals surface area contributed by atoms with Crippen molar-refractivity contribution in [2.45, 2.75) is 52.1 Å². The van der Waals surface area contributed by atoms with Crippen molar-refractivity contribution in [1.29, 1.82) is 0 Å². The number of aryl methyl sites for hydroxylation is 3. The molecular formula is C66H67F6N3O10. The van der Waals surface area contributed by atoms with Gasteiger partial charge in [0.15, 0.2) is 23.6 Å². The Morgan fingerprint density at radius 3 is 1.59 bits per heavy atom. The Morgan fingerprint density at radius 1 is 0.565 bits per heavy atom. The number of carbonyl (C=O) groups excluding carboxylic acids is 4. The fraction of sp³-hybridized carbons (Fsp3) is 0.364. The van der Waals surface area contributed by atoms with E-state index in [1.807, 2.05) is 30.3 Å². The van der Waals surface area contributed by atoms with E-state index in [1.165, 1.54) is 0 Å². The molecule has 3 heterocycles. The van der Waals surface area contributed by atoms with Crippen LogP contribution in [0, 0.1) is 37.2 Å². The number of rotatable bonds is 10. The third-order valence-electron chi connectivity index (χ3n) is 16.0. The number of hydrogen-bond acceptors (Lipinski definition) is 13. The maximum atomic E-state index is 14.4. The topological polar surface area (TPSA) is 133 Å². The minimum absolute atomic E-state index is 0.0462. The molecule has 3 fully saturated rings. The lowest BCUT2D eigenvalue weighted by atomic mass is 9.94. The van der Waals surface area contributed by atoms with Crippen LogP contribution in [0.4, 0.5) is 43.4 Å². The highest BCUT2D eigenvalue weighted by atomic mass is 19.4. The number of hydrogen-bond donors (Lipinski definition) is 0. The highest BCUT2D eigenvalue weighted by Gasteiger charge is 2.36. The SMILES string of the molecule is COc1cc2c(cc1N1CCOCC1)C/C(=C\c1cccc(C)c1F)C2=O.COc1cc2c(cc1N1CCOCC1)CC(Cc1cccc(C)c1F)C2=O.COc1cc2c(cc1N1CCOCC1)CCC2=O.O=Cc1cccc(C(F)(F)F)c1F. The van der Waals surface area contributed by atoms with Gasteiger partial charge in [-0.25, -0.2) is 13.2 Å². The van der Waals surface area contributed by atoms with Gasteiger partial charge in [0.05, 0.1) is 89.2 Å². The maximum absolute atomic E-state index is 14.4. The zero-order valence-corrected chi connectivity index (χ0v) is 48.1. The molecule has 0 saturated carbocycles. The van der Waals surface area contributed by atoms with Crippen molar-refractivity contribution in [2.75, 3.05) is 115 Å². The molecule has 1 unspecified atom stereocenters. The van der Waals surface area contributed by atoms with E-state index in [-0.39, 0.29) is 41.2 Å². The number of halogens is 6. The Morgan fingerprint density at radius 2 is 1.05 bits per heavy atom. The van der Waals surface area contributed by atoms with Crippen molar-refractivity contribution in [3.63, 3.8) is 0 Å². The summed E-state index contributed by atoms with van der Waals surface area (Å²) in [6.07, 6.45) is 0.0157. The third-order valence-corrected chi connectivity index (χ3v) is 16.0. The van der Waals surface area contributed by atoms with Gasteiger partial charge in [0.2, 0.25) is 0 Å². The molecule has 6 aromatic rings. The zero-order valence-electron chi connectivity index (χ0n) is 48.1. The Hall–Kier alpha value is -8.00. The summed E-state index contributed by atoms with van der Waals surface area (Å²) in [7, 11) is 4.90. The van der Waals surface area contributed by atoms with Crippen molar-refractivity contribution in [3.8, 4) is 17.2 Å². The number of anilines is 3. The first kappa shape index (κ1) is 61.6. The monoisotopic (exact) mass is 1180 g/mol. The van der Waals surface area contributed by atoms with Crippen molar-refractivity contribution in [2.24, 2.45) is 5.92 Å². The highest BCUT2D eigenvalue weighted by Crippen LogP contribution is 2.41. The predicted octanol–water partition coefficient (Wildman–Crippen LogP) is 11.7. The lowest BCUT2D eigenvalue weighted by molar-refractivity contribution is -0.140. The van der Waals surface area contributed by atoms with Crippen LogP contribution in [0.3, 0.4) is 0 Å². The van der Waals surface area contributed by atoms with Gasteiger partial charge in [0.25, 0.3) is 0 Å². The van der Waals surface area contributed by atoms with Crippen LogP contribution in [0.15, 0.2) is 96.6 Å². The number of fused-ring (bicyclic) bond motifs is 3. The van der Waals surface area contributed by atoms with Gasteiger partial charge < -0.3 is 43.1 Å². The summed E-state index contributed by atoms with van der Waals surface area (Å²) in [6, 6.07) is 24.9. The molecule has 13 nitrogen and oxygen atoms in total. The maximum Gasteiger partial charge on any atom is 0.419 e. The third kappa shape index (κ3) is 13.9. The number of ether oxygens (including phenoxy) is 6. The summed E-state index contributed by atoms with van der Waals surface area (Å²) < 4.78 is 110. The number of alkyl halides is 3. The summed E-state index contributed by atoms with van der Waals surface area (Å²) in [5, 5.41) is 0. The standard InChI is InChI=1S/C22H24FNO3.C22H22FNO3.C14H17NO3.C8H4F4O/c2*1-14-4-3-5-15(21(14)23)10-17-11-16-12-19(24-6-8-27-9-7-24)20(26-2)13-18(16)22(17)25;1-17-14-9-11-10(2-3-13(11)16)8-12(14)15-4-6-18-7-5-15;9-7-5(4-13)2-1-3-6(7)8(10,11)12/h3-5,12-13,17H,6-11H2,1-2H3;3-5,10,12-13H,6-9,11H2,1-2H3;8-9H,2-7H2,1H3;1-4H/b;17-10+;;. The molecular weight excluding hydrogens is 1110 g/mol. The molecule has 0 radical (unpaired) electrons. The fourth-order valence-electron chi connectivity index (χ4n) is 11.4. The fourth-order valence-corrected chi connectivity index (χ4v) is 11.4. The van der Waals surface area contributed by atoms with Crippen molar-refractivity contribution in [1.82, 2.24) is 0 Å². The average molecular weight is 1180 g/mol. The Balaban J connectivity index is 0.000000141. The summed E-state index contributed by atoms with van der Waals surface area (Å²) in [5.74, 6) is 0.232. The normalized spacial score (nSPS) is 17.6. The Bertz CT molecular complexity index is 3490. The number of carbonyl (C=O) groups is 4. The van der Waals surface area contributed by atoms with E-state index in [0.29, 0.717) is 109 Å². The predicted molar refractivity (Wildman–Crippen MR) is 311 cm³/mol. The second-order valence-corrected chi connectivity index (χ2v) is 21.3. The van der Waals surface area contributed by atoms with Crippen LogP contribution in [0.25, 0.3) is 6.08 Å². The molecule has 3 saturated heterocycles. The quantitative estimate of drug-likeness (QED) is 0.0733. The molecule has 19 heteroatoms. The second kappa shape index (κ2) is 27.4. The van der Waals surface area contributed by atoms with Crippen LogP contribution in [0.2, 0.25) is 0 Å². The lowest BCUT2D eigenvalue weighted by Gasteiger charge is -2.30. The molecule has 1 atom stereocenters. The summed E-state index contributed by atoms with van der Waals surface area (Å²) in [6.45, 7) is 12.7. The molecule has 12 rings (SSSR count). The van der Waals surface area contributed by atoms with Crippen LogP contribution >= 0.6 is 0 Å². The molecule has 0 N–H and O–H groups in total. The van der Waals surface area contributed by atoms with Gasteiger partial charge in [-0.2, -0.15) is 13.2 Å².